The quantitative estimate of drug-likeness (QED) is 0.650. The molecule has 2 fully saturated rings. The number of rotatable bonds is 2. The van der Waals surface area contributed by atoms with Crippen LogP contribution >= 0.6 is 0 Å². The van der Waals surface area contributed by atoms with E-state index in [1.54, 1.807) is 13.8 Å². The summed E-state index contributed by atoms with van der Waals surface area (Å²) < 4.78 is 70.1. The maximum Gasteiger partial charge on any atom is 0.115 e. The van der Waals surface area contributed by atoms with Crippen molar-refractivity contribution in [1.29, 1.82) is 0 Å². The van der Waals surface area contributed by atoms with E-state index in [4.69, 9.17) is 9.60 Å². The Balaban J connectivity index is 2.64. The Hall–Kier alpha value is -0.110. The third-order valence-electron chi connectivity index (χ3n) is 2.47. The van der Waals surface area contributed by atoms with E-state index < -0.39 is 43.4 Å². The van der Waals surface area contributed by atoms with Gasteiger partial charge < -0.3 is 0 Å². The molecule has 76 valence electrons. The first-order valence-electron chi connectivity index (χ1n) is 8.22. The van der Waals surface area contributed by atoms with Crippen molar-refractivity contribution < 1.29 is 14.0 Å². The van der Waals surface area contributed by atoms with Crippen molar-refractivity contribution in [3.63, 3.8) is 0 Å². The molecule has 0 aromatic rings. The minimum Gasteiger partial charge on any atom is -0.295 e. The van der Waals surface area contributed by atoms with Crippen molar-refractivity contribution in [2.75, 3.05) is 13.0 Å². The number of halogens is 1. The van der Waals surface area contributed by atoms with E-state index >= 15 is 0 Å². The van der Waals surface area contributed by atoms with Crippen molar-refractivity contribution in [2.24, 2.45) is 5.92 Å². The fourth-order valence-corrected chi connectivity index (χ4v) is 2.09. The van der Waals surface area contributed by atoms with Crippen LogP contribution in [-0.2, 0) is 0 Å². The summed E-state index contributed by atoms with van der Waals surface area (Å²) in [5.41, 5.74) is -1.62. The van der Waals surface area contributed by atoms with Gasteiger partial charge in [0.1, 0.15) is 6.15 Å². The topological polar surface area (TPSA) is 3.24 Å². The predicted molar refractivity (Wildman–Crippen MR) is 52.5 cm³/mol. The largest absolute Gasteiger partial charge is 0.295 e. The zero-order chi connectivity index (χ0) is 15.8. The maximum atomic E-state index is 14.4. The van der Waals surface area contributed by atoms with E-state index in [1.165, 1.54) is 0 Å². The van der Waals surface area contributed by atoms with Crippen LogP contribution in [0.2, 0.25) is 0 Å². The number of fused-ring (bicyclic) bond motifs is 1. The Bertz CT molecular complexity index is 423. The van der Waals surface area contributed by atoms with Gasteiger partial charge in [-0.25, -0.2) is 4.39 Å². The van der Waals surface area contributed by atoms with Crippen molar-refractivity contribution in [3.8, 4) is 0 Å². The van der Waals surface area contributed by atoms with Crippen LogP contribution in [0.1, 0.15) is 49.1 Å². The highest BCUT2D eigenvalue weighted by Crippen LogP contribution is 2.43. The first-order chi connectivity index (χ1) is 8.72. The molecule has 0 N–H and O–H groups in total. The molecule has 0 aromatic heterocycles. The van der Waals surface area contributed by atoms with Gasteiger partial charge in [0, 0.05) is 20.3 Å². The first-order valence-corrected chi connectivity index (χ1v) is 4.72. The van der Waals surface area contributed by atoms with Gasteiger partial charge in [-0.1, -0.05) is 13.8 Å². The van der Waals surface area contributed by atoms with Gasteiger partial charge in [0.05, 0.1) is 1.37 Å². The second-order valence-electron chi connectivity index (χ2n) is 4.02. The third-order valence-corrected chi connectivity index (χ3v) is 2.47. The highest BCUT2D eigenvalue weighted by Gasteiger charge is 2.48. The average molecular weight is 192 g/mol. The van der Waals surface area contributed by atoms with E-state index in [1.807, 2.05) is 0 Å². The van der Waals surface area contributed by atoms with E-state index in [2.05, 4.69) is 0 Å². The molecule has 1 nitrogen and oxygen atoms in total. The molecule has 2 aliphatic heterocycles. The summed E-state index contributed by atoms with van der Waals surface area (Å²) >= 11 is 0. The van der Waals surface area contributed by atoms with E-state index in [0.29, 0.717) is 4.90 Å². The lowest BCUT2D eigenvalue weighted by Gasteiger charge is -2.33. The minimum absolute atomic E-state index is 0.00917. The lowest BCUT2D eigenvalue weighted by Crippen LogP contribution is -2.39. The molecule has 0 amide bonds. The molecule has 0 aromatic carbocycles. The van der Waals surface area contributed by atoms with Crippen molar-refractivity contribution >= 4 is 0 Å². The van der Waals surface area contributed by atoms with Crippen LogP contribution in [0.15, 0.2) is 0 Å². The third kappa shape index (κ3) is 1.61. The minimum atomic E-state index is -3.02. The highest BCUT2D eigenvalue weighted by atomic mass is 19.1. The van der Waals surface area contributed by atoms with Crippen LogP contribution < -0.4 is 0 Å². The summed E-state index contributed by atoms with van der Waals surface area (Å²) in [6.07, 6.45) is -5.72. The number of nitrogens with zero attached hydrogens (tertiary/aromatic N) is 1. The molecule has 2 atom stereocenters. The Kier molecular flexibility index (Phi) is 1.04. The van der Waals surface area contributed by atoms with E-state index in [9.17, 15) is 4.39 Å². The smallest absolute Gasteiger partial charge is 0.115 e. The van der Waals surface area contributed by atoms with Crippen molar-refractivity contribution in [1.82, 2.24) is 4.90 Å². The lowest BCUT2D eigenvalue weighted by molar-refractivity contribution is 0.163. The summed E-state index contributed by atoms with van der Waals surface area (Å²) in [5, 5.41) is 0. The summed E-state index contributed by atoms with van der Waals surface area (Å²) in [5.74, 6) is -0.538. The average Bonchev–Trinajstić information content (AvgIpc) is 2.58. The van der Waals surface area contributed by atoms with Crippen molar-refractivity contribution in [2.45, 2.75) is 51.2 Å². The molecule has 2 aliphatic rings. The van der Waals surface area contributed by atoms with Gasteiger partial charge in [-0.05, 0) is 38.1 Å². The van der Waals surface area contributed by atoms with Gasteiger partial charge in [-0.3, -0.25) is 4.90 Å². The molecule has 2 rings (SSSR count). The highest BCUT2D eigenvalue weighted by molar-refractivity contribution is 5.03. The van der Waals surface area contributed by atoms with Gasteiger partial charge in [0.25, 0.3) is 0 Å². The SMILES string of the molecule is [2H]C1([2H])CC[C@@]2(C([2H])([2H])C(C)C)C[C@@]([2H])(F)C([2H])([2H])N12. The van der Waals surface area contributed by atoms with Crippen molar-refractivity contribution in [3.05, 3.63) is 0 Å². The molecule has 2 heterocycles. The molecule has 2 saturated heterocycles. The maximum absolute atomic E-state index is 14.4. The summed E-state index contributed by atoms with van der Waals surface area (Å²) in [4.78, 5) is 0.667. The lowest BCUT2D eigenvalue weighted by atomic mass is 9.85. The number of hydrogen-bond donors (Lipinski definition) is 0. The van der Waals surface area contributed by atoms with Crippen LogP contribution in [0.25, 0.3) is 0 Å². The van der Waals surface area contributed by atoms with Crippen LogP contribution in [-0.4, -0.2) is 29.6 Å². The molecule has 0 radical (unpaired) electrons. The van der Waals surface area contributed by atoms with Gasteiger partial charge in [0.2, 0.25) is 0 Å². The summed E-state index contributed by atoms with van der Waals surface area (Å²) in [6.45, 7) is -1.78. The number of hydrogen-bond acceptors (Lipinski definition) is 1. The Morgan fingerprint density at radius 2 is 2.62 bits per heavy atom. The van der Waals surface area contributed by atoms with Crippen LogP contribution in [0, 0.1) is 5.92 Å². The first kappa shape index (κ1) is 4.18. The molecule has 0 aliphatic carbocycles. The summed E-state index contributed by atoms with van der Waals surface area (Å²) in [6, 6.07) is 0. The van der Waals surface area contributed by atoms with Gasteiger partial charge in [0.15, 0.2) is 0 Å². The van der Waals surface area contributed by atoms with E-state index in [-0.39, 0.29) is 12.8 Å². The fourth-order valence-electron chi connectivity index (χ4n) is 2.09. The fraction of sp³-hybridized carbons (Fsp3) is 1.00. The van der Waals surface area contributed by atoms with Crippen LogP contribution in [0.5, 0.6) is 0 Å². The molecule has 0 unspecified atom stereocenters. The van der Waals surface area contributed by atoms with Crippen LogP contribution in [0.4, 0.5) is 4.39 Å². The Labute approximate surface area is 90.1 Å². The molecule has 0 bridgehead atoms. The van der Waals surface area contributed by atoms with Gasteiger partial charge in [-0.2, -0.15) is 0 Å². The number of alkyl halides is 1. The van der Waals surface area contributed by atoms with Gasteiger partial charge >= 0.3 is 0 Å². The molecule has 2 heteroatoms. The zero-order valence-electron chi connectivity index (χ0n) is 15.0. The normalized spacial score (nSPS) is 62.6. The van der Waals surface area contributed by atoms with Crippen LogP contribution in [0.3, 0.4) is 0 Å². The second kappa shape index (κ2) is 3.23. The monoisotopic (exact) mass is 192 g/mol. The molecular weight excluding hydrogens is 165 g/mol. The predicted octanol–water partition coefficient (Wildman–Crippen LogP) is 2.61. The molecule has 0 spiro atoms. The standard InChI is InChI=1S/C11H20FN/c1-9(2)6-11-4-3-5-13(11)8-10(12)7-11/h9-10H,3-8H2,1-2H3/t10-,11-/m1/s1/i5D2,6D2,8D2,10D. The Morgan fingerprint density at radius 1 is 1.85 bits per heavy atom. The molecule has 0 saturated carbocycles. The Morgan fingerprint density at radius 3 is 3.31 bits per heavy atom. The molecule has 13 heavy (non-hydrogen) atoms. The summed E-state index contributed by atoms with van der Waals surface area (Å²) in [7, 11) is 0. The van der Waals surface area contributed by atoms with E-state index in [0.717, 1.165) is 0 Å². The van der Waals surface area contributed by atoms with Gasteiger partial charge in [-0.15, -0.1) is 0 Å². The second-order valence-corrected chi connectivity index (χ2v) is 4.02. The zero-order valence-corrected chi connectivity index (χ0v) is 8.02. The molecular formula is C11H20FN.